The molecular weight excluding hydrogens is 358 g/mol. The fraction of sp³-hybridized carbons (Fsp3) is 0.136. The third-order valence-corrected chi connectivity index (χ3v) is 4.97. The van der Waals surface area contributed by atoms with E-state index in [0.717, 1.165) is 16.3 Å². The van der Waals surface area contributed by atoms with Crippen LogP contribution in [0.25, 0.3) is 0 Å². The highest BCUT2D eigenvalue weighted by Gasteiger charge is 2.10. The number of carbonyl (C=O) groups excluding carboxylic acids is 1. The first kappa shape index (κ1) is 18.9. The Labute approximate surface area is 163 Å². The molecule has 1 N–H and O–H groups in total. The first-order valence-electron chi connectivity index (χ1n) is 8.57. The number of ether oxygens (including phenoxy) is 2. The average molecular weight is 379 g/mol. The van der Waals surface area contributed by atoms with Gasteiger partial charge in [-0.2, -0.15) is 0 Å². The van der Waals surface area contributed by atoms with Gasteiger partial charge in [0.25, 0.3) is 5.91 Å². The molecule has 3 aromatic carbocycles. The first-order valence-corrected chi connectivity index (χ1v) is 9.56. The molecule has 0 bridgehead atoms. The van der Waals surface area contributed by atoms with Crippen LogP contribution < -0.4 is 14.8 Å². The summed E-state index contributed by atoms with van der Waals surface area (Å²) < 4.78 is 10.8. The molecule has 0 atom stereocenters. The van der Waals surface area contributed by atoms with Crippen LogP contribution in [0.15, 0.2) is 83.8 Å². The molecule has 0 aliphatic rings. The lowest BCUT2D eigenvalue weighted by Gasteiger charge is -2.12. The van der Waals surface area contributed by atoms with Crippen molar-refractivity contribution in [3.05, 3.63) is 84.4 Å². The molecule has 0 aromatic heterocycles. The van der Waals surface area contributed by atoms with E-state index in [1.807, 2.05) is 54.6 Å². The SMILES string of the molecule is COc1ccccc1OCC(=O)Nc1ccccc1SCc1ccccc1. The zero-order valence-corrected chi connectivity index (χ0v) is 15.9. The fourth-order valence-electron chi connectivity index (χ4n) is 2.50. The molecular formula is C22H21NO3S. The van der Waals surface area contributed by atoms with Gasteiger partial charge in [-0.25, -0.2) is 0 Å². The summed E-state index contributed by atoms with van der Waals surface area (Å²) in [6.07, 6.45) is 0. The van der Waals surface area contributed by atoms with E-state index in [1.54, 1.807) is 31.0 Å². The van der Waals surface area contributed by atoms with Crippen molar-refractivity contribution < 1.29 is 14.3 Å². The number of methoxy groups -OCH3 is 1. The lowest BCUT2D eigenvalue weighted by molar-refractivity contribution is -0.118. The Morgan fingerprint density at radius 3 is 2.33 bits per heavy atom. The normalized spacial score (nSPS) is 10.3. The van der Waals surface area contributed by atoms with Crippen molar-refractivity contribution in [3.63, 3.8) is 0 Å². The molecule has 1 amide bonds. The van der Waals surface area contributed by atoms with Gasteiger partial charge in [-0.1, -0.05) is 54.6 Å². The predicted molar refractivity (Wildman–Crippen MR) is 110 cm³/mol. The minimum atomic E-state index is -0.214. The number of para-hydroxylation sites is 3. The van der Waals surface area contributed by atoms with Crippen molar-refractivity contribution >= 4 is 23.4 Å². The van der Waals surface area contributed by atoms with Crippen LogP contribution in [-0.4, -0.2) is 19.6 Å². The number of nitrogens with one attached hydrogen (secondary N) is 1. The summed E-state index contributed by atoms with van der Waals surface area (Å²) in [6.45, 7) is -0.0853. The zero-order chi connectivity index (χ0) is 18.9. The van der Waals surface area contributed by atoms with E-state index in [9.17, 15) is 4.79 Å². The molecule has 0 saturated heterocycles. The molecule has 0 spiro atoms. The van der Waals surface area contributed by atoms with Gasteiger partial charge in [0.05, 0.1) is 12.8 Å². The quantitative estimate of drug-likeness (QED) is 0.559. The summed E-state index contributed by atoms with van der Waals surface area (Å²) in [5.41, 5.74) is 2.02. The van der Waals surface area contributed by atoms with Crippen molar-refractivity contribution in [2.75, 3.05) is 19.0 Å². The van der Waals surface area contributed by atoms with Crippen LogP contribution in [0.3, 0.4) is 0 Å². The van der Waals surface area contributed by atoms with Crippen LogP contribution in [0.5, 0.6) is 11.5 Å². The molecule has 4 nitrogen and oxygen atoms in total. The van der Waals surface area contributed by atoms with Gasteiger partial charge in [-0.3, -0.25) is 4.79 Å². The minimum absolute atomic E-state index is 0.0853. The second-order valence-corrected chi connectivity index (χ2v) is 6.78. The number of hydrogen-bond acceptors (Lipinski definition) is 4. The lowest BCUT2D eigenvalue weighted by Crippen LogP contribution is -2.20. The standard InChI is InChI=1S/C22H21NO3S/c1-25-19-12-6-7-13-20(19)26-15-22(24)23-18-11-5-8-14-21(18)27-16-17-9-3-2-4-10-17/h2-14H,15-16H2,1H3,(H,23,24). The van der Waals surface area contributed by atoms with Crippen molar-refractivity contribution in [1.29, 1.82) is 0 Å². The predicted octanol–water partition coefficient (Wildman–Crippen LogP) is 5.01. The van der Waals surface area contributed by atoms with E-state index in [0.29, 0.717) is 11.5 Å². The van der Waals surface area contributed by atoms with E-state index in [4.69, 9.17) is 9.47 Å². The van der Waals surface area contributed by atoms with E-state index in [1.165, 1.54) is 5.56 Å². The van der Waals surface area contributed by atoms with E-state index >= 15 is 0 Å². The largest absolute Gasteiger partial charge is 0.493 e. The van der Waals surface area contributed by atoms with Gasteiger partial charge >= 0.3 is 0 Å². The molecule has 5 heteroatoms. The molecule has 138 valence electrons. The third-order valence-electron chi connectivity index (χ3n) is 3.83. The van der Waals surface area contributed by atoms with Gasteiger partial charge < -0.3 is 14.8 Å². The number of carbonyl (C=O) groups is 1. The maximum Gasteiger partial charge on any atom is 0.262 e. The second kappa shape index (κ2) is 9.69. The molecule has 0 fully saturated rings. The number of rotatable bonds is 8. The van der Waals surface area contributed by atoms with Gasteiger partial charge in [0.1, 0.15) is 0 Å². The van der Waals surface area contributed by atoms with Gasteiger partial charge in [0.2, 0.25) is 0 Å². The topological polar surface area (TPSA) is 47.6 Å². The number of benzene rings is 3. The van der Waals surface area contributed by atoms with E-state index in [2.05, 4.69) is 17.4 Å². The number of amides is 1. The lowest BCUT2D eigenvalue weighted by atomic mass is 10.2. The van der Waals surface area contributed by atoms with Crippen molar-refractivity contribution in [3.8, 4) is 11.5 Å². The maximum atomic E-state index is 12.3. The molecule has 3 rings (SSSR count). The van der Waals surface area contributed by atoms with Crippen molar-refractivity contribution in [1.82, 2.24) is 0 Å². The zero-order valence-electron chi connectivity index (χ0n) is 15.1. The molecule has 0 aliphatic carbocycles. The van der Waals surface area contributed by atoms with Crippen LogP contribution in [0.2, 0.25) is 0 Å². The van der Waals surface area contributed by atoms with Gasteiger partial charge in [-0.15, -0.1) is 11.8 Å². The van der Waals surface area contributed by atoms with E-state index in [-0.39, 0.29) is 12.5 Å². The number of anilines is 1. The van der Waals surface area contributed by atoms with Crippen LogP contribution >= 0.6 is 11.8 Å². The summed E-state index contributed by atoms with van der Waals surface area (Å²) >= 11 is 1.69. The molecule has 27 heavy (non-hydrogen) atoms. The Kier molecular flexibility index (Phi) is 6.77. The summed E-state index contributed by atoms with van der Waals surface area (Å²) in [7, 11) is 1.57. The second-order valence-electron chi connectivity index (χ2n) is 5.76. The first-order chi connectivity index (χ1) is 13.3. The van der Waals surface area contributed by atoms with E-state index < -0.39 is 0 Å². The minimum Gasteiger partial charge on any atom is -0.493 e. The summed E-state index contributed by atoms with van der Waals surface area (Å²) in [6, 6.07) is 25.3. The van der Waals surface area contributed by atoms with Gasteiger partial charge in [0, 0.05) is 10.6 Å². The maximum absolute atomic E-state index is 12.3. The molecule has 0 aliphatic heterocycles. The molecule has 0 heterocycles. The van der Waals surface area contributed by atoms with Gasteiger partial charge in [0.15, 0.2) is 18.1 Å². The number of thioether (sulfide) groups is 1. The highest BCUT2D eigenvalue weighted by molar-refractivity contribution is 7.98. The van der Waals surface area contributed by atoms with Crippen LogP contribution in [0.4, 0.5) is 5.69 Å². The monoisotopic (exact) mass is 379 g/mol. The molecule has 0 radical (unpaired) electrons. The Bertz CT molecular complexity index is 883. The average Bonchev–Trinajstić information content (AvgIpc) is 2.72. The smallest absolute Gasteiger partial charge is 0.262 e. The van der Waals surface area contributed by atoms with Crippen molar-refractivity contribution in [2.24, 2.45) is 0 Å². The molecule has 0 unspecified atom stereocenters. The number of hydrogen-bond donors (Lipinski definition) is 1. The highest BCUT2D eigenvalue weighted by atomic mass is 32.2. The van der Waals surface area contributed by atoms with Crippen LogP contribution in [0.1, 0.15) is 5.56 Å². The fourth-order valence-corrected chi connectivity index (χ4v) is 3.46. The summed E-state index contributed by atoms with van der Waals surface area (Å²) in [4.78, 5) is 13.3. The molecule has 0 saturated carbocycles. The molecule has 3 aromatic rings. The van der Waals surface area contributed by atoms with Crippen molar-refractivity contribution in [2.45, 2.75) is 10.6 Å². The Morgan fingerprint density at radius 2 is 1.56 bits per heavy atom. The summed E-state index contributed by atoms with van der Waals surface area (Å²) in [5, 5.41) is 2.93. The Balaban J connectivity index is 1.59. The highest BCUT2D eigenvalue weighted by Crippen LogP contribution is 2.30. The third kappa shape index (κ3) is 5.53. The Morgan fingerprint density at radius 1 is 0.889 bits per heavy atom. The Hall–Kier alpha value is -2.92. The van der Waals surface area contributed by atoms with Gasteiger partial charge in [-0.05, 0) is 29.8 Å². The van der Waals surface area contributed by atoms with Crippen LogP contribution in [0, 0.1) is 0 Å². The summed E-state index contributed by atoms with van der Waals surface area (Å²) in [5.74, 6) is 1.77. The van der Waals surface area contributed by atoms with Crippen LogP contribution in [-0.2, 0) is 10.5 Å².